The van der Waals surface area contributed by atoms with Gasteiger partial charge in [0, 0.05) is 14.5 Å². The van der Waals surface area contributed by atoms with E-state index in [-0.39, 0.29) is 5.78 Å². The van der Waals surface area contributed by atoms with Crippen LogP contribution in [0.5, 0.6) is 0 Å². The van der Waals surface area contributed by atoms with E-state index in [2.05, 4.69) is 54.5 Å². The van der Waals surface area contributed by atoms with Crippen LogP contribution in [0.2, 0.25) is 0 Å². The number of hydrogen-bond acceptors (Lipinski definition) is 1. The Hall–Kier alpha value is 0.580. The van der Waals surface area contributed by atoms with E-state index in [1.54, 1.807) is 0 Å². The maximum Gasteiger partial charge on any atom is 0.147 e. The molecule has 1 rings (SSSR count). The topological polar surface area (TPSA) is 17.1 Å². The lowest BCUT2D eigenvalue weighted by molar-refractivity contribution is -0.115. The molecule has 70 valence electrons. The molecule has 0 fully saturated rings. The minimum absolute atomic E-state index is 0.197. The molecular formula is C9H7Br2IO. The first-order valence-corrected chi connectivity index (χ1v) is 6.64. The number of carbonyl (C=O) groups excluding carboxylic acids is 1. The third kappa shape index (κ3) is 3.67. The van der Waals surface area contributed by atoms with Gasteiger partial charge in [0.25, 0.3) is 0 Å². The zero-order valence-corrected chi connectivity index (χ0v) is 12.0. The summed E-state index contributed by atoms with van der Waals surface area (Å²) < 4.78 is 2.15. The third-order valence-electron chi connectivity index (χ3n) is 1.54. The maximum atomic E-state index is 11.2. The minimum atomic E-state index is 0.197. The number of ketones is 1. The molecule has 0 N–H and O–H groups in total. The van der Waals surface area contributed by atoms with Crippen molar-refractivity contribution in [2.45, 2.75) is 6.42 Å². The summed E-state index contributed by atoms with van der Waals surface area (Å²) in [6, 6.07) is 6.00. The summed E-state index contributed by atoms with van der Waals surface area (Å²) in [5.41, 5.74) is 1.05. The number of alkyl halides is 1. The predicted octanol–water partition coefficient (Wildman–Crippen LogP) is 3.56. The van der Waals surface area contributed by atoms with E-state index in [4.69, 9.17) is 0 Å². The van der Waals surface area contributed by atoms with E-state index >= 15 is 0 Å². The van der Waals surface area contributed by atoms with E-state index in [9.17, 15) is 4.79 Å². The van der Waals surface area contributed by atoms with Crippen LogP contribution >= 0.6 is 54.5 Å². The van der Waals surface area contributed by atoms with Gasteiger partial charge < -0.3 is 0 Å². The first-order chi connectivity index (χ1) is 6.13. The molecule has 0 atom stereocenters. The highest BCUT2D eigenvalue weighted by Gasteiger charge is 2.05. The lowest BCUT2D eigenvalue weighted by Gasteiger charge is -2.02. The lowest BCUT2D eigenvalue weighted by Crippen LogP contribution is -2.04. The highest BCUT2D eigenvalue weighted by atomic mass is 127. The molecule has 0 spiro atoms. The molecule has 0 radical (unpaired) electrons. The van der Waals surface area contributed by atoms with Gasteiger partial charge in [0.05, 0.1) is 5.33 Å². The average Bonchev–Trinajstić information content (AvgIpc) is 2.11. The van der Waals surface area contributed by atoms with Gasteiger partial charge in [-0.25, -0.2) is 0 Å². The second-order valence-corrected chi connectivity index (χ2v) is 5.25. The summed E-state index contributed by atoms with van der Waals surface area (Å²) in [6.45, 7) is 0. The molecule has 4 heteroatoms. The van der Waals surface area contributed by atoms with Gasteiger partial charge >= 0.3 is 0 Å². The fraction of sp³-hybridized carbons (Fsp3) is 0.222. The Labute approximate surface area is 108 Å². The molecule has 1 aromatic carbocycles. The molecule has 0 unspecified atom stereocenters. The average molecular weight is 418 g/mol. The van der Waals surface area contributed by atoms with E-state index in [0.29, 0.717) is 11.8 Å². The summed E-state index contributed by atoms with van der Waals surface area (Å²) in [5.74, 6) is 0.197. The molecule has 0 aliphatic rings. The summed E-state index contributed by atoms with van der Waals surface area (Å²) in [6.07, 6.45) is 0.489. The Morgan fingerprint density at radius 1 is 1.46 bits per heavy atom. The van der Waals surface area contributed by atoms with Gasteiger partial charge in [-0.2, -0.15) is 0 Å². The minimum Gasteiger partial charge on any atom is -0.298 e. The Balaban J connectivity index is 2.87. The molecule has 0 heterocycles. The van der Waals surface area contributed by atoms with Crippen LogP contribution in [0.1, 0.15) is 5.56 Å². The monoisotopic (exact) mass is 416 g/mol. The van der Waals surface area contributed by atoms with Crippen molar-refractivity contribution in [2.75, 3.05) is 5.33 Å². The molecule has 0 aliphatic heterocycles. The van der Waals surface area contributed by atoms with Gasteiger partial charge in [0.15, 0.2) is 0 Å². The zero-order valence-electron chi connectivity index (χ0n) is 6.69. The summed E-state index contributed by atoms with van der Waals surface area (Å²) in [5, 5.41) is 0.422. The number of hydrogen-bond donors (Lipinski definition) is 0. The fourth-order valence-electron chi connectivity index (χ4n) is 0.938. The van der Waals surface area contributed by atoms with Gasteiger partial charge in [0.2, 0.25) is 0 Å². The lowest BCUT2D eigenvalue weighted by atomic mass is 10.1. The molecule has 0 amide bonds. The van der Waals surface area contributed by atoms with Gasteiger partial charge in [0.1, 0.15) is 5.78 Å². The van der Waals surface area contributed by atoms with Crippen LogP contribution in [0.25, 0.3) is 0 Å². The molecule has 0 aliphatic carbocycles. The zero-order chi connectivity index (χ0) is 9.84. The number of benzene rings is 1. The van der Waals surface area contributed by atoms with Crippen molar-refractivity contribution in [3.8, 4) is 0 Å². The van der Waals surface area contributed by atoms with E-state index in [1.165, 1.54) is 0 Å². The van der Waals surface area contributed by atoms with Crippen LogP contribution < -0.4 is 0 Å². The van der Waals surface area contributed by atoms with Crippen LogP contribution in [0, 0.1) is 3.57 Å². The van der Waals surface area contributed by atoms with Crippen molar-refractivity contribution >= 4 is 60.2 Å². The van der Waals surface area contributed by atoms with E-state index in [0.717, 1.165) is 13.6 Å². The van der Waals surface area contributed by atoms with Gasteiger partial charge in [-0.3, -0.25) is 4.79 Å². The number of halogens is 3. The van der Waals surface area contributed by atoms with Crippen molar-refractivity contribution in [3.05, 3.63) is 31.8 Å². The number of rotatable bonds is 3. The van der Waals surface area contributed by atoms with Crippen LogP contribution in [0.15, 0.2) is 22.7 Å². The van der Waals surface area contributed by atoms with Crippen LogP contribution in [0.3, 0.4) is 0 Å². The van der Waals surface area contributed by atoms with Crippen LogP contribution in [0.4, 0.5) is 0 Å². The normalized spacial score (nSPS) is 10.1. The largest absolute Gasteiger partial charge is 0.298 e. The quantitative estimate of drug-likeness (QED) is 0.543. The molecule has 0 saturated carbocycles. The van der Waals surface area contributed by atoms with Crippen molar-refractivity contribution in [1.82, 2.24) is 0 Å². The van der Waals surface area contributed by atoms with Crippen molar-refractivity contribution in [1.29, 1.82) is 0 Å². The van der Waals surface area contributed by atoms with Gasteiger partial charge in [-0.15, -0.1) is 0 Å². The fourth-order valence-corrected chi connectivity index (χ4v) is 2.08. The third-order valence-corrected chi connectivity index (χ3v) is 3.61. The first-order valence-electron chi connectivity index (χ1n) is 3.65. The Kier molecular flexibility index (Phi) is 4.89. The smallest absolute Gasteiger partial charge is 0.147 e. The summed E-state index contributed by atoms with van der Waals surface area (Å²) in [4.78, 5) is 11.2. The van der Waals surface area contributed by atoms with Crippen molar-refractivity contribution in [2.24, 2.45) is 0 Å². The second-order valence-electron chi connectivity index (χ2n) is 2.58. The molecule has 1 aromatic rings. The highest BCUT2D eigenvalue weighted by Crippen LogP contribution is 2.20. The van der Waals surface area contributed by atoms with Crippen LogP contribution in [-0.4, -0.2) is 11.1 Å². The van der Waals surface area contributed by atoms with E-state index < -0.39 is 0 Å². The molecule has 0 saturated heterocycles. The number of Topliss-reactive ketones (excluding diaryl/α,β-unsaturated/α-hetero) is 1. The van der Waals surface area contributed by atoms with Crippen molar-refractivity contribution < 1.29 is 4.79 Å². The number of carbonyl (C=O) groups is 1. The van der Waals surface area contributed by atoms with E-state index in [1.807, 2.05) is 18.2 Å². The van der Waals surface area contributed by atoms with Gasteiger partial charge in [-0.1, -0.05) is 31.9 Å². The Morgan fingerprint density at radius 3 is 2.77 bits per heavy atom. The Morgan fingerprint density at radius 2 is 2.15 bits per heavy atom. The second kappa shape index (κ2) is 5.46. The van der Waals surface area contributed by atoms with Crippen molar-refractivity contribution in [3.63, 3.8) is 0 Å². The summed E-state index contributed by atoms with van der Waals surface area (Å²) in [7, 11) is 0. The SMILES string of the molecule is O=C(CBr)Cc1cc(I)ccc1Br. The van der Waals surface area contributed by atoms with Gasteiger partial charge in [-0.05, 0) is 46.4 Å². The molecule has 0 bridgehead atoms. The Bertz CT molecular complexity index is 325. The standard InChI is InChI=1S/C9H7Br2IO/c10-5-8(13)4-6-3-7(12)1-2-9(6)11/h1-3H,4-5H2. The predicted molar refractivity (Wildman–Crippen MR) is 69.4 cm³/mol. The summed E-state index contributed by atoms with van der Waals surface area (Å²) >= 11 is 8.80. The molecular weight excluding hydrogens is 411 g/mol. The first kappa shape index (κ1) is 11.7. The molecule has 1 nitrogen and oxygen atoms in total. The maximum absolute atomic E-state index is 11.2. The van der Waals surface area contributed by atoms with Crippen LogP contribution in [-0.2, 0) is 11.2 Å². The highest BCUT2D eigenvalue weighted by molar-refractivity contribution is 14.1. The molecule has 0 aromatic heterocycles. The molecule has 13 heavy (non-hydrogen) atoms.